The topological polar surface area (TPSA) is 55.4 Å². The molecule has 1 spiro atoms. The van der Waals surface area contributed by atoms with Crippen molar-refractivity contribution in [2.45, 2.75) is 31.2 Å². The predicted octanol–water partition coefficient (Wildman–Crippen LogP) is 4.26. The Labute approximate surface area is 194 Å². The van der Waals surface area contributed by atoms with Gasteiger partial charge in [-0.15, -0.1) is 0 Å². The Morgan fingerprint density at radius 1 is 1.21 bits per heavy atom. The number of anilines is 1. The van der Waals surface area contributed by atoms with Crippen LogP contribution in [0.15, 0.2) is 71.5 Å². The highest BCUT2D eigenvalue weighted by Crippen LogP contribution is 2.63. The van der Waals surface area contributed by atoms with Crippen molar-refractivity contribution in [2.24, 2.45) is 5.92 Å². The van der Waals surface area contributed by atoms with E-state index in [9.17, 15) is 9.59 Å². The van der Waals surface area contributed by atoms with Gasteiger partial charge in [-0.05, 0) is 48.4 Å². The zero-order valence-corrected chi connectivity index (χ0v) is 19.1. The SMILES string of the molecule is C/C=C1/C[N+]2(CC(=O)c3ccc(OC)cc3)CC[C@]34C(=C(C=O)[C@H]1C[C@H]32)Nc1ccccc14. The van der Waals surface area contributed by atoms with Crippen LogP contribution >= 0.6 is 0 Å². The van der Waals surface area contributed by atoms with Crippen molar-refractivity contribution in [1.82, 2.24) is 0 Å². The fourth-order valence-electron chi connectivity index (χ4n) is 7.28. The molecule has 2 aromatic carbocycles. The van der Waals surface area contributed by atoms with Gasteiger partial charge in [-0.2, -0.15) is 0 Å². The maximum absolute atomic E-state index is 13.5. The van der Waals surface area contributed by atoms with Gasteiger partial charge in [0.1, 0.15) is 31.2 Å². The first-order chi connectivity index (χ1) is 16.1. The average Bonchev–Trinajstić information content (AvgIpc) is 3.38. The van der Waals surface area contributed by atoms with Gasteiger partial charge in [0, 0.05) is 41.3 Å². The normalized spacial score (nSPS) is 32.2. The number of ether oxygens (including phenoxy) is 1. The molecule has 0 amide bonds. The second-order valence-corrected chi connectivity index (χ2v) is 9.92. The molecule has 3 aliphatic heterocycles. The molecule has 2 aromatic rings. The van der Waals surface area contributed by atoms with Crippen LogP contribution in [0.25, 0.3) is 0 Å². The summed E-state index contributed by atoms with van der Waals surface area (Å²) in [6.45, 7) is 4.32. The van der Waals surface area contributed by atoms with E-state index in [4.69, 9.17) is 4.74 Å². The highest BCUT2D eigenvalue weighted by atomic mass is 16.5. The summed E-state index contributed by atoms with van der Waals surface area (Å²) in [7, 11) is 1.64. The van der Waals surface area contributed by atoms with Gasteiger partial charge in [-0.3, -0.25) is 9.59 Å². The minimum absolute atomic E-state index is 0.142. The smallest absolute Gasteiger partial charge is 0.216 e. The number of rotatable bonds is 5. The number of Topliss-reactive ketones (excluding diaryl/α,β-unsaturated/α-hetero) is 1. The number of piperidine rings is 1. The Hall–Kier alpha value is -3.18. The monoisotopic (exact) mass is 441 g/mol. The highest BCUT2D eigenvalue weighted by molar-refractivity contribution is 5.97. The van der Waals surface area contributed by atoms with Crippen molar-refractivity contribution < 1.29 is 18.8 Å². The second-order valence-electron chi connectivity index (χ2n) is 9.92. The van der Waals surface area contributed by atoms with E-state index < -0.39 is 0 Å². The number of quaternary nitrogens is 1. The molecular formula is C28H29N2O3+. The number of benzene rings is 2. The van der Waals surface area contributed by atoms with Crippen molar-refractivity contribution >= 4 is 17.8 Å². The third-order valence-corrected chi connectivity index (χ3v) is 8.73. The molecule has 1 unspecified atom stereocenters. The summed E-state index contributed by atoms with van der Waals surface area (Å²) in [6, 6.07) is 16.2. The summed E-state index contributed by atoms with van der Waals surface area (Å²) in [4.78, 5) is 25.9. The molecule has 2 saturated heterocycles. The number of methoxy groups -OCH3 is 1. The molecule has 4 atom stereocenters. The van der Waals surface area contributed by atoms with Gasteiger partial charge in [0.25, 0.3) is 0 Å². The molecule has 4 aliphatic rings. The average molecular weight is 442 g/mol. The van der Waals surface area contributed by atoms with E-state index in [1.54, 1.807) is 7.11 Å². The molecule has 5 heteroatoms. The van der Waals surface area contributed by atoms with Crippen LogP contribution in [0.1, 0.15) is 35.7 Å². The van der Waals surface area contributed by atoms with Gasteiger partial charge in [0.05, 0.1) is 19.1 Å². The number of para-hydroxylation sites is 1. The summed E-state index contributed by atoms with van der Waals surface area (Å²) in [6.07, 6.45) is 5.13. The second kappa shape index (κ2) is 7.16. The van der Waals surface area contributed by atoms with Crippen LogP contribution in [0.4, 0.5) is 5.69 Å². The molecule has 5 nitrogen and oxygen atoms in total. The molecule has 0 aromatic heterocycles. The Morgan fingerprint density at radius 3 is 2.73 bits per heavy atom. The first-order valence-electron chi connectivity index (χ1n) is 11.8. The summed E-state index contributed by atoms with van der Waals surface area (Å²) >= 11 is 0. The summed E-state index contributed by atoms with van der Waals surface area (Å²) in [5, 5.41) is 3.66. The van der Waals surface area contributed by atoms with Gasteiger partial charge in [0.2, 0.25) is 5.78 Å². The van der Waals surface area contributed by atoms with Crippen LogP contribution in [-0.2, 0) is 10.2 Å². The molecule has 2 bridgehead atoms. The maximum Gasteiger partial charge on any atom is 0.216 e. The summed E-state index contributed by atoms with van der Waals surface area (Å²) in [5.74, 6) is 1.07. The minimum Gasteiger partial charge on any atom is -0.497 e. The van der Waals surface area contributed by atoms with Crippen LogP contribution in [0, 0.1) is 5.92 Å². The van der Waals surface area contributed by atoms with Gasteiger partial charge >= 0.3 is 0 Å². The molecule has 2 fully saturated rings. The van der Waals surface area contributed by atoms with Crippen LogP contribution in [0.3, 0.4) is 0 Å². The number of aldehydes is 1. The largest absolute Gasteiger partial charge is 0.497 e. The van der Waals surface area contributed by atoms with Gasteiger partial charge in [-0.25, -0.2) is 0 Å². The van der Waals surface area contributed by atoms with Gasteiger partial charge in [0.15, 0.2) is 0 Å². The molecule has 3 heterocycles. The molecule has 0 saturated carbocycles. The number of nitrogens with one attached hydrogen (secondary N) is 1. The van der Waals surface area contributed by atoms with E-state index in [1.165, 1.54) is 11.1 Å². The number of nitrogens with zero attached hydrogens (tertiary/aromatic N) is 1. The van der Waals surface area contributed by atoms with E-state index in [0.29, 0.717) is 6.54 Å². The van der Waals surface area contributed by atoms with Crippen molar-refractivity contribution in [2.75, 3.05) is 32.1 Å². The van der Waals surface area contributed by atoms with Crippen LogP contribution in [0.2, 0.25) is 0 Å². The van der Waals surface area contributed by atoms with Crippen molar-refractivity contribution in [1.29, 1.82) is 0 Å². The fraction of sp³-hybridized carbons (Fsp3) is 0.357. The highest BCUT2D eigenvalue weighted by Gasteiger charge is 2.68. The molecule has 33 heavy (non-hydrogen) atoms. The quantitative estimate of drug-likeness (QED) is 0.326. The van der Waals surface area contributed by atoms with E-state index in [0.717, 1.165) is 65.0 Å². The first kappa shape index (κ1) is 20.4. The Bertz CT molecular complexity index is 1230. The maximum atomic E-state index is 13.5. The fourth-order valence-corrected chi connectivity index (χ4v) is 7.28. The number of fused-ring (bicyclic) bond motifs is 2. The minimum atomic E-state index is -0.206. The van der Waals surface area contributed by atoms with E-state index >= 15 is 0 Å². The lowest BCUT2D eigenvalue weighted by Crippen LogP contribution is -2.64. The van der Waals surface area contributed by atoms with Crippen molar-refractivity contribution in [3.63, 3.8) is 0 Å². The third-order valence-electron chi connectivity index (χ3n) is 8.73. The van der Waals surface area contributed by atoms with Crippen molar-refractivity contribution in [3.8, 4) is 5.75 Å². The van der Waals surface area contributed by atoms with Crippen LogP contribution < -0.4 is 10.1 Å². The molecule has 1 N–H and O–H groups in total. The van der Waals surface area contributed by atoms with Gasteiger partial charge < -0.3 is 14.5 Å². The molecule has 1 aliphatic carbocycles. The van der Waals surface area contributed by atoms with E-state index in [1.807, 2.05) is 24.3 Å². The number of carbonyl (C=O) groups is 2. The zero-order chi connectivity index (χ0) is 22.8. The number of ketones is 1. The Morgan fingerprint density at radius 2 is 2.00 bits per heavy atom. The van der Waals surface area contributed by atoms with Crippen LogP contribution in [0.5, 0.6) is 5.75 Å². The zero-order valence-electron chi connectivity index (χ0n) is 19.1. The van der Waals surface area contributed by atoms with E-state index in [2.05, 4.69) is 42.6 Å². The lowest BCUT2D eigenvalue weighted by Gasteiger charge is -2.53. The third kappa shape index (κ3) is 2.63. The Kier molecular flexibility index (Phi) is 4.43. The summed E-state index contributed by atoms with van der Waals surface area (Å²) < 4.78 is 6.04. The number of hydrogen-bond acceptors (Lipinski definition) is 4. The van der Waals surface area contributed by atoms with Gasteiger partial charge in [-0.1, -0.05) is 24.3 Å². The molecule has 168 valence electrons. The standard InChI is InChI=1S/C28H28N2O3/c1-3-18-15-30(16-25(32)19-8-10-20(33-2)11-9-19)13-12-28-23-6-4-5-7-24(23)29-27(28)22(17-31)21(18)14-26(28)30/h3-11,17,21,26H,12-16H2,1-2H3/p+1/b18-3-/t21-,26+,28+,30?/m0/s1. The Balaban J connectivity index is 1.47. The predicted molar refractivity (Wildman–Crippen MR) is 127 cm³/mol. The number of carbonyl (C=O) groups excluding carboxylic acids is 2. The summed E-state index contributed by atoms with van der Waals surface area (Å²) in [5.41, 5.74) is 6.23. The van der Waals surface area contributed by atoms with Crippen LogP contribution in [-0.4, -0.2) is 49.3 Å². The number of allylic oxidation sites excluding steroid dienone is 2. The molecule has 0 radical (unpaired) electrons. The van der Waals surface area contributed by atoms with E-state index in [-0.39, 0.29) is 23.2 Å². The lowest BCUT2D eigenvalue weighted by molar-refractivity contribution is -0.934. The first-order valence-corrected chi connectivity index (χ1v) is 11.8. The van der Waals surface area contributed by atoms with Crippen molar-refractivity contribution in [3.05, 3.63) is 82.6 Å². The molecular weight excluding hydrogens is 412 g/mol. The molecule has 6 rings (SSSR count). The number of hydrogen-bond donors (Lipinski definition) is 1. The lowest BCUT2D eigenvalue weighted by atomic mass is 9.61.